The third kappa shape index (κ3) is 3.65. The van der Waals surface area contributed by atoms with Crippen molar-refractivity contribution >= 4 is 30.8 Å². The topological polar surface area (TPSA) is 71.1 Å². The van der Waals surface area contributed by atoms with E-state index in [9.17, 15) is 9.59 Å². The maximum absolute atomic E-state index is 13.5. The summed E-state index contributed by atoms with van der Waals surface area (Å²) in [6, 6.07) is 7.81. The van der Waals surface area contributed by atoms with E-state index in [0.29, 0.717) is 29.0 Å². The van der Waals surface area contributed by atoms with Gasteiger partial charge in [-0.25, -0.2) is 0 Å². The van der Waals surface area contributed by atoms with Crippen LogP contribution in [0, 0.1) is 0 Å². The first-order valence-corrected chi connectivity index (χ1v) is 14.7. The number of rotatable bonds is 4. The molecule has 7 heteroatoms. The van der Waals surface area contributed by atoms with Crippen LogP contribution in [-0.4, -0.2) is 38.4 Å². The van der Waals surface area contributed by atoms with Crippen LogP contribution in [0.2, 0.25) is 18.1 Å². The molecule has 3 aliphatic rings. The highest BCUT2D eigenvalue weighted by Gasteiger charge is 2.49. The first kappa shape index (κ1) is 22.4. The van der Waals surface area contributed by atoms with Crippen molar-refractivity contribution < 1.29 is 28.2 Å². The van der Waals surface area contributed by atoms with E-state index in [1.807, 2.05) is 24.3 Å². The van der Waals surface area contributed by atoms with Gasteiger partial charge in [0.25, 0.3) is 0 Å². The maximum Gasteiger partial charge on any atom is 0.310 e. The van der Waals surface area contributed by atoms with Crippen molar-refractivity contribution in [2.45, 2.75) is 89.5 Å². The van der Waals surface area contributed by atoms with E-state index in [1.165, 1.54) is 0 Å². The lowest BCUT2D eigenvalue weighted by Gasteiger charge is -2.39. The van der Waals surface area contributed by atoms with Gasteiger partial charge in [0.15, 0.2) is 26.3 Å². The summed E-state index contributed by atoms with van der Waals surface area (Å²) in [5.74, 6) is 0.945. The number of fused-ring (bicyclic) bond motifs is 8. The zero-order chi connectivity index (χ0) is 23.7. The molecule has 0 aliphatic carbocycles. The number of benzene rings is 2. The fourth-order valence-electron chi connectivity index (χ4n) is 4.98. The van der Waals surface area contributed by atoms with E-state index >= 15 is 0 Å². The molecule has 0 N–H and O–H groups in total. The highest BCUT2D eigenvalue weighted by molar-refractivity contribution is 6.74. The Bertz CT molecular complexity index is 1150. The van der Waals surface area contributed by atoms with Gasteiger partial charge in [0.1, 0.15) is 17.6 Å². The monoisotopic (exact) mass is 468 g/mol. The van der Waals surface area contributed by atoms with E-state index in [4.69, 9.17) is 18.6 Å². The van der Waals surface area contributed by atoms with Crippen molar-refractivity contribution in [2.75, 3.05) is 0 Å². The zero-order valence-corrected chi connectivity index (χ0v) is 21.2. The van der Waals surface area contributed by atoms with Crippen LogP contribution < -0.4 is 9.47 Å². The molecule has 0 radical (unpaired) electrons. The molecule has 176 valence electrons. The van der Waals surface area contributed by atoms with Gasteiger partial charge in [0, 0.05) is 29.7 Å². The van der Waals surface area contributed by atoms with E-state index in [0.717, 1.165) is 10.8 Å². The number of ketones is 1. The molecule has 0 amide bonds. The molecule has 2 aromatic rings. The standard InChI is InChI=1S/C26H32O6Si/c1-14(32-33(5,6)26(2,3)4)11-15-12-18(27)21-22-24(30-19-13-20(28)31-25(19)22)17-10-8-7-9-16(17)23(21)29-15/h7-10,14-15,19,25H,11-13H2,1-6H3/t14-,15-,19-,25+/m1/s1. The Labute approximate surface area is 195 Å². The Hall–Kier alpha value is -2.38. The molecule has 4 atom stereocenters. The minimum Gasteiger partial charge on any atom is -0.488 e. The first-order valence-electron chi connectivity index (χ1n) is 11.8. The summed E-state index contributed by atoms with van der Waals surface area (Å²) < 4.78 is 24.7. The van der Waals surface area contributed by atoms with Gasteiger partial charge >= 0.3 is 5.97 Å². The number of carbonyl (C=O) groups excluding carboxylic acids is 2. The van der Waals surface area contributed by atoms with Crippen molar-refractivity contribution in [3.63, 3.8) is 0 Å². The number of hydrogen-bond acceptors (Lipinski definition) is 6. The number of carbonyl (C=O) groups is 2. The summed E-state index contributed by atoms with van der Waals surface area (Å²) in [6.45, 7) is 13.2. The van der Waals surface area contributed by atoms with E-state index in [2.05, 4.69) is 40.8 Å². The van der Waals surface area contributed by atoms with E-state index in [1.54, 1.807) is 0 Å². The Kier molecular flexibility index (Phi) is 5.14. The second-order valence-electron chi connectivity index (χ2n) is 11.1. The summed E-state index contributed by atoms with van der Waals surface area (Å²) in [6.07, 6.45) is -0.108. The molecule has 2 aromatic carbocycles. The predicted octanol–water partition coefficient (Wildman–Crippen LogP) is 5.72. The summed E-state index contributed by atoms with van der Waals surface area (Å²) >= 11 is 0. The summed E-state index contributed by atoms with van der Waals surface area (Å²) in [5, 5.41) is 1.85. The van der Waals surface area contributed by atoms with Crippen LogP contribution in [0.4, 0.5) is 0 Å². The third-order valence-electron chi connectivity index (χ3n) is 7.55. The zero-order valence-electron chi connectivity index (χ0n) is 20.2. The molecular weight excluding hydrogens is 436 g/mol. The van der Waals surface area contributed by atoms with Gasteiger partial charge in [-0.3, -0.25) is 9.59 Å². The molecule has 5 rings (SSSR count). The molecular formula is C26H32O6Si. The molecule has 3 heterocycles. The van der Waals surface area contributed by atoms with Crippen molar-refractivity contribution in [1.29, 1.82) is 0 Å². The molecule has 1 fully saturated rings. The first-order chi connectivity index (χ1) is 15.5. The summed E-state index contributed by atoms with van der Waals surface area (Å²) in [7, 11) is -1.93. The van der Waals surface area contributed by atoms with Crippen LogP contribution in [0.25, 0.3) is 10.8 Å². The molecule has 33 heavy (non-hydrogen) atoms. The van der Waals surface area contributed by atoms with Gasteiger partial charge in [0.2, 0.25) is 0 Å². The summed E-state index contributed by atoms with van der Waals surface area (Å²) in [5.41, 5.74) is 1.19. The Morgan fingerprint density at radius 1 is 1.03 bits per heavy atom. The molecule has 6 nitrogen and oxygen atoms in total. The highest BCUT2D eigenvalue weighted by atomic mass is 28.4. The van der Waals surface area contributed by atoms with Gasteiger partial charge in [-0.2, -0.15) is 0 Å². The molecule has 1 saturated heterocycles. The Balaban J connectivity index is 1.49. The average Bonchev–Trinajstić information content (AvgIpc) is 3.23. The smallest absolute Gasteiger partial charge is 0.310 e. The molecule has 0 unspecified atom stereocenters. The minimum atomic E-state index is -1.93. The van der Waals surface area contributed by atoms with Crippen molar-refractivity contribution in [1.82, 2.24) is 0 Å². The molecule has 0 saturated carbocycles. The van der Waals surface area contributed by atoms with Gasteiger partial charge in [-0.05, 0) is 25.1 Å². The van der Waals surface area contributed by atoms with Gasteiger partial charge in [-0.1, -0.05) is 45.0 Å². The lowest BCUT2D eigenvalue weighted by atomic mass is 9.88. The van der Waals surface area contributed by atoms with Crippen LogP contribution in [0.5, 0.6) is 11.5 Å². The second-order valence-corrected chi connectivity index (χ2v) is 15.8. The van der Waals surface area contributed by atoms with Gasteiger partial charge < -0.3 is 18.6 Å². The number of esters is 1. The van der Waals surface area contributed by atoms with Crippen LogP contribution in [0.3, 0.4) is 0 Å². The normalized spacial score (nSPS) is 25.1. The Morgan fingerprint density at radius 2 is 1.70 bits per heavy atom. The van der Waals surface area contributed by atoms with Crippen molar-refractivity contribution in [2.24, 2.45) is 0 Å². The molecule has 0 bridgehead atoms. The van der Waals surface area contributed by atoms with Gasteiger partial charge in [0.05, 0.1) is 17.5 Å². The van der Waals surface area contributed by atoms with Crippen molar-refractivity contribution in [3.05, 3.63) is 35.4 Å². The lowest BCUT2D eigenvalue weighted by molar-refractivity contribution is -0.141. The highest BCUT2D eigenvalue weighted by Crippen LogP contribution is 2.54. The largest absolute Gasteiger partial charge is 0.488 e. The van der Waals surface area contributed by atoms with Crippen LogP contribution in [-0.2, 0) is 14.0 Å². The van der Waals surface area contributed by atoms with Crippen molar-refractivity contribution in [3.8, 4) is 11.5 Å². The van der Waals surface area contributed by atoms with Crippen LogP contribution >= 0.6 is 0 Å². The third-order valence-corrected chi connectivity index (χ3v) is 12.2. The number of hydrogen-bond donors (Lipinski definition) is 0. The van der Waals surface area contributed by atoms with Gasteiger partial charge in [-0.15, -0.1) is 0 Å². The second kappa shape index (κ2) is 7.57. The minimum absolute atomic E-state index is 0.00924. The maximum atomic E-state index is 13.5. The predicted molar refractivity (Wildman–Crippen MR) is 128 cm³/mol. The van der Waals surface area contributed by atoms with Crippen LogP contribution in [0.15, 0.2) is 24.3 Å². The van der Waals surface area contributed by atoms with Crippen LogP contribution in [0.1, 0.15) is 69.0 Å². The molecule has 0 spiro atoms. The Morgan fingerprint density at radius 3 is 2.36 bits per heavy atom. The SMILES string of the molecule is C[C@H](C[C@@H]1CC(=O)c2c3c(c4ccccc4c2O1)O[C@@H]1CC(=O)O[C@H]31)O[Si](C)(C)C(C)(C)C. The lowest BCUT2D eigenvalue weighted by Crippen LogP contribution is -2.44. The van der Waals surface area contributed by atoms with E-state index in [-0.39, 0.29) is 47.9 Å². The van der Waals surface area contributed by atoms with E-state index < -0.39 is 14.4 Å². The fraction of sp³-hybridized carbons (Fsp3) is 0.538. The number of Topliss-reactive ketones (excluding diaryl/α,β-unsaturated/α-hetero) is 1. The average molecular weight is 469 g/mol. The fourth-order valence-corrected chi connectivity index (χ4v) is 6.43. The molecule has 0 aromatic heterocycles. The molecule has 3 aliphatic heterocycles. The summed E-state index contributed by atoms with van der Waals surface area (Å²) in [4.78, 5) is 25.4. The number of ether oxygens (including phenoxy) is 3. The quantitative estimate of drug-likeness (QED) is 0.422.